The number of carbonyl (C=O) groups excluding carboxylic acids is 1. The Hall–Kier alpha value is -4.38. The number of ether oxygens (including phenoxy) is 2. The van der Waals surface area contributed by atoms with E-state index in [1.807, 2.05) is 91.0 Å². The van der Waals surface area contributed by atoms with Gasteiger partial charge >= 0.3 is 0 Å². The molecule has 5 heteroatoms. The minimum Gasteiger partial charge on any atom is -0.489 e. The average Bonchev–Trinajstić information content (AvgIpc) is 2.88. The first-order chi connectivity index (χ1) is 16.3. The fourth-order valence-corrected chi connectivity index (χ4v) is 3.13. The maximum Gasteiger partial charge on any atom is 0.275 e. The third-order valence-corrected chi connectivity index (χ3v) is 4.88. The van der Waals surface area contributed by atoms with Gasteiger partial charge < -0.3 is 9.47 Å². The van der Waals surface area contributed by atoms with Crippen molar-refractivity contribution in [3.05, 3.63) is 131 Å². The topological polar surface area (TPSA) is 59.9 Å². The molecule has 0 spiro atoms. The molecular weight excluding hydrogens is 412 g/mol. The Kier molecular flexibility index (Phi) is 7.48. The van der Waals surface area contributed by atoms with Gasteiger partial charge in [0.1, 0.15) is 24.7 Å². The van der Waals surface area contributed by atoms with Gasteiger partial charge in [-0.2, -0.15) is 5.10 Å². The molecule has 0 unspecified atom stereocenters. The quantitative estimate of drug-likeness (QED) is 0.274. The van der Waals surface area contributed by atoms with Crippen LogP contribution in [0.5, 0.6) is 11.5 Å². The molecule has 0 heterocycles. The van der Waals surface area contributed by atoms with Crippen molar-refractivity contribution < 1.29 is 14.3 Å². The second-order valence-corrected chi connectivity index (χ2v) is 7.31. The van der Waals surface area contributed by atoms with Crippen molar-refractivity contribution in [3.8, 4) is 11.5 Å². The van der Waals surface area contributed by atoms with Gasteiger partial charge in [0, 0.05) is 0 Å². The Morgan fingerprint density at radius 2 is 1.27 bits per heavy atom. The Labute approximate surface area is 193 Å². The molecule has 0 aliphatic carbocycles. The lowest BCUT2D eigenvalue weighted by Gasteiger charge is -2.10. The number of nitrogens with zero attached hydrogens (tertiary/aromatic N) is 1. The Balaban J connectivity index is 1.31. The van der Waals surface area contributed by atoms with Crippen LogP contribution in [0.15, 0.2) is 114 Å². The summed E-state index contributed by atoms with van der Waals surface area (Å²) in [7, 11) is 0. The molecule has 0 aromatic heterocycles. The third kappa shape index (κ3) is 6.55. The van der Waals surface area contributed by atoms with Crippen molar-refractivity contribution in [2.45, 2.75) is 13.2 Å². The van der Waals surface area contributed by atoms with E-state index in [0.717, 1.165) is 22.4 Å². The highest BCUT2D eigenvalue weighted by atomic mass is 16.5. The van der Waals surface area contributed by atoms with Crippen LogP contribution in [0.2, 0.25) is 0 Å². The van der Waals surface area contributed by atoms with Crippen LogP contribution in [0, 0.1) is 0 Å². The number of para-hydroxylation sites is 1. The van der Waals surface area contributed by atoms with Crippen LogP contribution in [0.4, 0.5) is 0 Å². The van der Waals surface area contributed by atoms with Crippen molar-refractivity contribution in [2.24, 2.45) is 5.10 Å². The Bertz CT molecular complexity index is 1190. The molecule has 0 fully saturated rings. The molecule has 4 aromatic rings. The second kappa shape index (κ2) is 11.3. The summed E-state index contributed by atoms with van der Waals surface area (Å²) < 4.78 is 11.6. The number of hydrazone groups is 1. The molecule has 1 amide bonds. The SMILES string of the molecule is O=C(NN=Cc1ccc(OCc2ccccc2)cc1)c1ccccc1OCc1ccccc1. The van der Waals surface area contributed by atoms with E-state index in [4.69, 9.17) is 9.47 Å². The van der Waals surface area contributed by atoms with Crippen LogP contribution in [0.25, 0.3) is 0 Å². The standard InChI is InChI=1S/C28H24N2O3/c31-28(26-13-7-8-14-27(26)33-21-24-11-5-2-6-12-24)30-29-19-22-15-17-25(18-16-22)32-20-23-9-3-1-4-10-23/h1-19H,20-21H2,(H,30,31). The average molecular weight is 437 g/mol. The summed E-state index contributed by atoms with van der Waals surface area (Å²) in [5, 5.41) is 4.08. The summed E-state index contributed by atoms with van der Waals surface area (Å²) in [4.78, 5) is 12.6. The van der Waals surface area contributed by atoms with E-state index in [9.17, 15) is 4.79 Å². The highest BCUT2D eigenvalue weighted by Crippen LogP contribution is 2.19. The molecule has 33 heavy (non-hydrogen) atoms. The summed E-state index contributed by atoms with van der Waals surface area (Å²) >= 11 is 0. The predicted octanol–water partition coefficient (Wildman–Crippen LogP) is 5.61. The molecule has 5 nitrogen and oxygen atoms in total. The molecule has 164 valence electrons. The number of benzene rings is 4. The molecule has 4 aromatic carbocycles. The van der Waals surface area contributed by atoms with Crippen LogP contribution < -0.4 is 14.9 Å². The van der Waals surface area contributed by atoms with Gasteiger partial charge in [-0.05, 0) is 53.1 Å². The summed E-state index contributed by atoms with van der Waals surface area (Å²) in [6.07, 6.45) is 1.59. The molecule has 0 aliphatic heterocycles. The van der Waals surface area contributed by atoms with Gasteiger partial charge in [0.05, 0.1) is 11.8 Å². The molecule has 0 bridgehead atoms. The summed E-state index contributed by atoms with van der Waals surface area (Å²) in [5.41, 5.74) is 5.98. The molecule has 0 atom stereocenters. The van der Waals surface area contributed by atoms with Crippen molar-refractivity contribution in [1.82, 2.24) is 5.43 Å². The maximum atomic E-state index is 12.6. The molecule has 1 N–H and O–H groups in total. The highest BCUT2D eigenvalue weighted by molar-refractivity contribution is 5.97. The van der Waals surface area contributed by atoms with Crippen molar-refractivity contribution in [3.63, 3.8) is 0 Å². The summed E-state index contributed by atoms with van der Waals surface area (Å²) in [5.74, 6) is 0.941. The van der Waals surface area contributed by atoms with Gasteiger partial charge in [0.2, 0.25) is 0 Å². The van der Waals surface area contributed by atoms with E-state index in [1.165, 1.54) is 0 Å². The van der Waals surface area contributed by atoms with Crippen molar-refractivity contribution in [2.75, 3.05) is 0 Å². The van der Waals surface area contributed by atoms with Crippen LogP contribution >= 0.6 is 0 Å². The van der Waals surface area contributed by atoms with Gasteiger partial charge in [-0.15, -0.1) is 0 Å². The summed E-state index contributed by atoms with van der Waals surface area (Å²) in [6, 6.07) is 34.4. The van der Waals surface area contributed by atoms with E-state index in [0.29, 0.717) is 24.5 Å². The van der Waals surface area contributed by atoms with Gasteiger partial charge in [0.25, 0.3) is 5.91 Å². The molecule has 0 saturated heterocycles. The van der Waals surface area contributed by atoms with E-state index in [2.05, 4.69) is 10.5 Å². The smallest absolute Gasteiger partial charge is 0.275 e. The zero-order chi connectivity index (χ0) is 22.7. The van der Waals surface area contributed by atoms with Crippen LogP contribution in [-0.2, 0) is 13.2 Å². The third-order valence-electron chi connectivity index (χ3n) is 4.88. The first kappa shape index (κ1) is 21.8. The Morgan fingerprint density at radius 1 is 0.697 bits per heavy atom. The lowest BCUT2D eigenvalue weighted by molar-refractivity contribution is 0.0950. The number of hydrogen-bond donors (Lipinski definition) is 1. The van der Waals surface area contributed by atoms with Gasteiger partial charge in [-0.25, -0.2) is 5.43 Å². The lowest BCUT2D eigenvalue weighted by atomic mass is 10.2. The van der Waals surface area contributed by atoms with E-state index >= 15 is 0 Å². The summed E-state index contributed by atoms with van der Waals surface area (Å²) in [6.45, 7) is 0.892. The number of nitrogens with one attached hydrogen (secondary N) is 1. The minimum absolute atomic E-state index is 0.335. The van der Waals surface area contributed by atoms with Gasteiger partial charge in [-0.1, -0.05) is 72.8 Å². The zero-order valence-electron chi connectivity index (χ0n) is 18.1. The van der Waals surface area contributed by atoms with E-state index in [-0.39, 0.29) is 5.91 Å². The Morgan fingerprint density at radius 3 is 1.94 bits per heavy atom. The largest absolute Gasteiger partial charge is 0.489 e. The normalized spacial score (nSPS) is 10.7. The van der Waals surface area contributed by atoms with E-state index < -0.39 is 0 Å². The minimum atomic E-state index is -0.335. The molecule has 0 saturated carbocycles. The number of amides is 1. The molecule has 0 radical (unpaired) electrons. The van der Waals surface area contributed by atoms with Crippen LogP contribution in [0.3, 0.4) is 0 Å². The monoisotopic (exact) mass is 436 g/mol. The lowest BCUT2D eigenvalue weighted by Crippen LogP contribution is -2.18. The van der Waals surface area contributed by atoms with Gasteiger partial charge in [-0.3, -0.25) is 4.79 Å². The van der Waals surface area contributed by atoms with Crippen LogP contribution in [-0.4, -0.2) is 12.1 Å². The highest BCUT2D eigenvalue weighted by Gasteiger charge is 2.11. The fraction of sp³-hybridized carbons (Fsp3) is 0.0714. The number of hydrogen-bond acceptors (Lipinski definition) is 4. The first-order valence-electron chi connectivity index (χ1n) is 10.6. The van der Waals surface area contributed by atoms with Crippen molar-refractivity contribution >= 4 is 12.1 Å². The van der Waals surface area contributed by atoms with Crippen molar-refractivity contribution in [1.29, 1.82) is 0 Å². The first-order valence-corrected chi connectivity index (χ1v) is 10.6. The number of carbonyl (C=O) groups is 1. The molecule has 4 rings (SSSR count). The van der Waals surface area contributed by atoms with E-state index in [1.54, 1.807) is 24.4 Å². The van der Waals surface area contributed by atoms with Gasteiger partial charge in [0.15, 0.2) is 0 Å². The zero-order valence-corrected chi connectivity index (χ0v) is 18.1. The number of rotatable bonds is 9. The second-order valence-electron chi connectivity index (χ2n) is 7.31. The fourth-order valence-electron chi connectivity index (χ4n) is 3.13. The maximum absolute atomic E-state index is 12.6. The predicted molar refractivity (Wildman–Crippen MR) is 129 cm³/mol. The van der Waals surface area contributed by atoms with Crippen LogP contribution in [0.1, 0.15) is 27.0 Å². The molecule has 0 aliphatic rings. The molecular formula is C28H24N2O3.